The van der Waals surface area contributed by atoms with E-state index in [4.69, 9.17) is 4.74 Å². The minimum Gasteiger partial charge on any atom is -0.465 e. The summed E-state index contributed by atoms with van der Waals surface area (Å²) >= 11 is 1.37. The van der Waals surface area contributed by atoms with Crippen molar-refractivity contribution >= 4 is 29.3 Å². The van der Waals surface area contributed by atoms with E-state index in [0.29, 0.717) is 17.8 Å². The first kappa shape index (κ1) is 25.2. The predicted octanol–water partition coefficient (Wildman–Crippen LogP) is 5.34. The molecule has 178 valence electrons. The number of amides is 1. The molecule has 0 saturated carbocycles. The number of hydrogen-bond donors (Lipinski definition) is 1. The van der Waals surface area contributed by atoms with Gasteiger partial charge < -0.3 is 14.7 Å². The number of methoxy groups -OCH3 is 1. The van der Waals surface area contributed by atoms with Crippen LogP contribution in [0.1, 0.15) is 65.6 Å². The highest BCUT2D eigenvalue weighted by atomic mass is 32.1. The number of likely N-dealkylation sites (tertiary alicyclic amines) is 1. The number of rotatable bonds is 12. The zero-order chi connectivity index (χ0) is 23.6. The van der Waals surface area contributed by atoms with Gasteiger partial charge in [-0.25, -0.2) is 4.79 Å². The molecule has 1 aliphatic rings. The molecule has 1 amide bonds. The molecular formula is C27H35NO4S. The second kappa shape index (κ2) is 12.7. The lowest BCUT2D eigenvalue weighted by molar-refractivity contribution is -0.128. The van der Waals surface area contributed by atoms with E-state index in [0.717, 1.165) is 43.4 Å². The summed E-state index contributed by atoms with van der Waals surface area (Å²) in [6, 6.07) is 14.3. The number of hydrogen-bond acceptors (Lipinski definition) is 5. The highest BCUT2D eigenvalue weighted by Crippen LogP contribution is 2.26. The Morgan fingerprint density at radius 2 is 2.03 bits per heavy atom. The standard InChI is InChI=1S/C27H35NO4S/c1-20(8-6-11-21-9-4-3-5-10-21)24(29)16-13-22-14-18-26(30)28(22)19-7-12-23-15-17-25(33-23)27(31)32-2/h3-5,7,9-10,12,15,17,20,22,24,29H,6,8,11,13-14,16,18-19H2,1-2H3/t20-,22?,24+/m0/s1. The summed E-state index contributed by atoms with van der Waals surface area (Å²) in [7, 11) is 1.37. The Morgan fingerprint density at radius 3 is 2.79 bits per heavy atom. The Balaban J connectivity index is 1.42. The van der Waals surface area contributed by atoms with Crippen LogP contribution in [-0.4, -0.2) is 47.7 Å². The normalized spacial score (nSPS) is 18.1. The van der Waals surface area contributed by atoms with Gasteiger partial charge in [-0.1, -0.05) is 43.3 Å². The number of thiophene rings is 1. The van der Waals surface area contributed by atoms with E-state index in [1.54, 1.807) is 6.07 Å². The summed E-state index contributed by atoms with van der Waals surface area (Å²) < 4.78 is 4.74. The summed E-state index contributed by atoms with van der Waals surface area (Å²) in [5, 5.41) is 10.7. The van der Waals surface area contributed by atoms with Crippen LogP contribution in [0.15, 0.2) is 48.5 Å². The second-order valence-corrected chi connectivity index (χ2v) is 9.95. The Morgan fingerprint density at radius 1 is 1.24 bits per heavy atom. The van der Waals surface area contributed by atoms with Gasteiger partial charge in [0.25, 0.3) is 0 Å². The van der Waals surface area contributed by atoms with E-state index in [-0.39, 0.29) is 29.9 Å². The molecular weight excluding hydrogens is 434 g/mol. The van der Waals surface area contributed by atoms with Crippen molar-refractivity contribution in [2.45, 2.75) is 64.0 Å². The molecule has 1 N–H and O–H groups in total. The number of carbonyl (C=O) groups excluding carboxylic acids is 2. The molecule has 3 atom stereocenters. The molecule has 6 heteroatoms. The molecule has 0 radical (unpaired) electrons. The molecule has 1 fully saturated rings. The van der Waals surface area contributed by atoms with E-state index in [9.17, 15) is 14.7 Å². The van der Waals surface area contributed by atoms with Crippen molar-refractivity contribution in [2.24, 2.45) is 5.92 Å². The third-order valence-electron chi connectivity index (χ3n) is 6.47. The molecule has 1 aromatic heterocycles. The molecule has 33 heavy (non-hydrogen) atoms. The molecule has 1 aliphatic heterocycles. The van der Waals surface area contributed by atoms with Crippen LogP contribution in [0.5, 0.6) is 0 Å². The van der Waals surface area contributed by atoms with Crippen molar-refractivity contribution in [3.05, 3.63) is 63.9 Å². The first-order valence-corrected chi connectivity index (χ1v) is 12.7. The fourth-order valence-electron chi connectivity index (χ4n) is 4.39. The Bertz CT molecular complexity index is 923. The van der Waals surface area contributed by atoms with Crippen molar-refractivity contribution in [1.82, 2.24) is 4.90 Å². The van der Waals surface area contributed by atoms with Gasteiger partial charge in [0.05, 0.1) is 13.2 Å². The van der Waals surface area contributed by atoms with E-state index in [1.165, 1.54) is 24.0 Å². The van der Waals surface area contributed by atoms with E-state index < -0.39 is 0 Å². The van der Waals surface area contributed by atoms with Crippen molar-refractivity contribution in [3.8, 4) is 0 Å². The Kier molecular flexibility index (Phi) is 9.70. The van der Waals surface area contributed by atoms with Crippen LogP contribution in [-0.2, 0) is 16.0 Å². The largest absolute Gasteiger partial charge is 0.465 e. The maximum absolute atomic E-state index is 12.4. The molecule has 5 nitrogen and oxygen atoms in total. The molecule has 1 aromatic carbocycles. The third kappa shape index (κ3) is 7.54. The molecule has 0 bridgehead atoms. The smallest absolute Gasteiger partial charge is 0.348 e. The molecule has 0 spiro atoms. The first-order chi connectivity index (χ1) is 16.0. The molecule has 2 aromatic rings. The number of aliphatic hydroxyl groups is 1. The number of esters is 1. The van der Waals surface area contributed by atoms with Crippen molar-refractivity contribution < 1.29 is 19.4 Å². The molecule has 1 saturated heterocycles. The average Bonchev–Trinajstić information content (AvgIpc) is 3.44. The summed E-state index contributed by atoms with van der Waals surface area (Å²) in [5.41, 5.74) is 1.34. The fraction of sp³-hybridized carbons (Fsp3) is 0.481. The van der Waals surface area contributed by atoms with Crippen LogP contribution < -0.4 is 0 Å². The number of aliphatic hydroxyl groups excluding tert-OH is 1. The van der Waals surface area contributed by atoms with Gasteiger partial charge >= 0.3 is 5.97 Å². The molecule has 1 unspecified atom stereocenters. The molecule has 0 aliphatic carbocycles. The van der Waals surface area contributed by atoms with Crippen LogP contribution in [0.4, 0.5) is 0 Å². The van der Waals surface area contributed by atoms with E-state index >= 15 is 0 Å². The second-order valence-electron chi connectivity index (χ2n) is 8.83. The topological polar surface area (TPSA) is 66.8 Å². The van der Waals surface area contributed by atoms with Gasteiger partial charge in [-0.3, -0.25) is 4.79 Å². The maximum atomic E-state index is 12.4. The van der Waals surface area contributed by atoms with Gasteiger partial charge in [0.1, 0.15) is 4.88 Å². The lowest BCUT2D eigenvalue weighted by Gasteiger charge is -2.26. The predicted molar refractivity (Wildman–Crippen MR) is 133 cm³/mol. The SMILES string of the molecule is COC(=O)c1ccc(C=CCN2C(=O)CCC2CC[C@@H](O)[C@@H](C)CCCc2ccccc2)s1. The monoisotopic (exact) mass is 469 g/mol. The van der Waals surface area contributed by atoms with E-state index in [1.807, 2.05) is 29.2 Å². The van der Waals surface area contributed by atoms with Crippen molar-refractivity contribution in [2.75, 3.05) is 13.7 Å². The zero-order valence-corrected chi connectivity index (χ0v) is 20.4. The van der Waals surface area contributed by atoms with Gasteiger partial charge in [-0.05, 0) is 68.2 Å². The van der Waals surface area contributed by atoms with Gasteiger partial charge in [0, 0.05) is 23.9 Å². The maximum Gasteiger partial charge on any atom is 0.348 e. The summed E-state index contributed by atoms with van der Waals surface area (Å²) in [6.07, 6.45) is 9.68. The van der Waals surface area contributed by atoms with Crippen molar-refractivity contribution in [3.63, 3.8) is 0 Å². The van der Waals surface area contributed by atoms with Crippen LogP contribution in [0.3, 0.4) is 0 Å². The first-order valence-electron chi connectivity index (χ1n) is 11.8. The van der Waals surface area contributed by atoms with Gasteiger partial charge in [-0.2, -0.15) is 0 Å². The van der Waals surface area contributed by atoms with Gasteiger partial charge in [0.2, 0.25) is 5.91 Å². The molecule has 2 heterocycles. The Labute approximate surface area is 201 Å². The molecule has 3 rings (SSSR count). The zero-order valence-electron chi connectivity index (χ0n) is 19.6. The summed E-state index contributed by atoms with van der Waals surface area (Å²) in [6.45, 7) is 2.68. The summed E-state index contributed by atoms with van der Waals surface area (Å²) in [5.74, 6) is 0.0979. The van der Waals surface area contributed by atoms with Gasteiger partial charge in [-0.15, -0.1) is 11.3 Å². The third-order valence-corrected chi connectivity index (χ3v) is 7.50. The lowest BCUT2D eigenvalue weighted by atomic mass is 9.92. The van der Waals surface area contributed by atoms with Gasteiger partial charge in [0.15, 0.2) is 0 Å². The number of nitrogens with zero attached hydrogens (tertiary/aromatic N) is 1. The lowest BCUT2D eigenvalue weighted by Crippen LogP contribution is -2.34. The van der Waals surface area contributed by atoms with Crippen LogP contribution in [0.25, 0.3) is 6.08 Å². The van der Waals surface area contributed by atoms with Crippen molar-refractivity contribution in [1.29, 1.82) is 0 Å². The quantitative estimate of drug-likeness (QED) is 0.426. The van der Waals surface area contributed by atoms with Crippen LogP contribution in [0.2, 0.25) is 0 Å². The number of aryl methyl sites for hydroxylation is 1. The van der Waals surface area contributed by atoms with Crippen LogP contribution in [0, 0.1) is 5.92 Å². The summed E-state index contributed by atoms with van der Waals surface area (Å²) in [4.78, 5) is 27.4. The number of ether oxygens (including phenoxy) is 1. The highest BCUT2D eigenvalue weighted by Gasteiger charge is 2.30. The Hall–Kier alpha value is -2.44. The fourth-order valence-corrected chi connectivity index (χ4v) is 5.25. The number of carbonyl (C=O) groups is 2. The average molecular weight is 470 g/mol. The van der Waals surface area contributed by atoms with Crippen LogP contribution >= 0.6 is 11.3 Å². The minimum absolute atomic E-state index is 0.177. The minimum atomic E-state index is -0.336. The highest BCUT2D eigenvalue weighted by molar-refractivity contribution is 7.14. The number of benzene rings is 1. The van der Waals surface area contributed by atoms with E-state index in [2.05, 4.69) is 31.2 Å².